The molecule has 0 spiro atoms. The van der Waals surface area contributed by atoms with Crippen LogP contribution in [0.5, 0.6) is 11.5 Å². The number of hydrogen-bond donors (Lipinski definition) is 2. The molecule has 0 unspecified atom stereocenters. The van der Waals surface area contributed by atoms with Crippen LogP contribution >= 0.6 is 0 Å². The number of ether oxygens (including phenoxy) is 2. The van der Waals surface area contributed by atoms with Crippen molar-refractivity contribution in [3.05, 3.63) is 65.0 Å². The summed E-state index contributed by atoms with van der Waals surface area (Å²) in [5.74, 6) is 1.25. The highest BCUT2D eigenvalue weighted by Gasteiger charge is 2.14. The smallest absolute Gasteiger partial charge is 0.323 e. The van der Waals surface area contributed by atoms with E-state index in [1.165, 1.54) is 10.7 Å². The second-order valence-electron chi connectivity index (χ2n) is 6.16. The van der Waals surface area contributed by atoms with E-state index >= 15 is 0 Å². The van der Waals surface area contributed by atoms with Crippen LogP contribution in [0, 0.1) is 0 Å². The van der Waals surface area contributed by atoms with Crippen LogP contribution in [-0.4, -0.2) is 29.0 Å². The van der Waals surface area contributed by atoms with Crippen molar-refractivity contribution >= 4 is 17.4 Å². The summed E-state index contributed by atoms with van der Waals surface area (Å²) in [5, 5.41) is 9.85. The lowest BCUT2D eigenvalue weighted by atomic mass is 10.1. The molecule has 4 rings (SSSR count). The molecular formula is C20H18N4O4. The molecule has 2 heterocycles. The summed E-state index contributed by atoms with van der Waals surface area (Å²) in [5.41, 5.74) is 2.24. The SMILES string of the molecule is Cn1nc(-c2ccccc2NC(=O)Nc2ccc3c(c2)OCCO3)ccc1=O. The molecule has 2 amide bonds. The normalized spacial score (nSPS) is 12.3. The maximum absolute atomic E-state index is 12.5. The van der Waals surface area contributed by atoms with Crippen LogP contribution in [-0.2, 0) is 7.05 Å². The average Bonchev–Trinajstić information content (AvgIpc) is 2.70. The number of hydrogen-bond acceptors (Lipinski definition) is 5. The summed E-state index contributed by atoms with van der Waals surface area (Å²) in [6.07, 6.45) is 0. The van der Waals surface area contributed by atoms with Crippen molar-refractivity contribution in [2.45, 2.75) is 0 Å². The van der Waals surface area contributed by atoms with E-state index < -0.39 is 6.03 Å². The molecule has 142 valence electrons. The number of carbonyl (C=O) groups is 1. The molecule has 0 saturated heterocycles. The van der Waals surface area contributed by atoms with Gasteiger partial charge in [-0.15, -0.1) is 0 Å². The number of para-hydroxylation sites is 1. The molecule has 0 radical (unpaired) electrons. The zero-order valence-corrected chi connectivity index (χ0v) is 15.1. The molecule has 1 aromatic heterocycles. The molecule has 0 fully saturated rings. The molecule has 0 saturated carbocycles. The van der Waals surface area contributed by atoms with Gasteiger partial charge in [0.2, 0.25) is 0 Å². The predicted molar refractivity (Wildman–Crippen MR) is 105 cm³/mol. The molecule has 8 nitrogen and oxygen atoms in total. The first-order valence-electron chi connectivity index (χ1n) is 8.71. The minimum absolute atomic E-state index is 0.203. The van der Waals surface area contributed by atoms with Crippen molar-refractivity contribution in [3.63, 3.8) is 0 Å². The predicted octanol–water partition coefficient (Wildman–Crippen LogP) is 2.86. The number of nitrogens with one attached hydrogen (secondary N) is 2. The lowest BCUT2D eigenvalue weighted by Crippen LogP contribution is -2.21. The topological polar surface area (TPSA) is 94.5 Å². The number of aromatic nitrogens is 2. The Morgan fingerprint density at radius 3 is 2.61 bits per heavy atom. The highest BCUT2D eigenvalue weighted by molar-refractivity contribution is 6.02. The zero-order valence-electron chi connectivity index (χ0n) is 15.1. The van der Waals surface area contributed by atoms with Gasteiger partial charge in [0.1, 0.15) is 13.2 Å². The maximum Gasteiger partial charge on any atom is 0.323 e. The molecular weight excluding hydrogens is 360 g/mol. The fourth-order valence-electron chi connectivity index (χ4n) is 2.87. The van der Waals surface area contributed by atoms with Crippen molar-refractivity contribution in [1.29, 1.82) is 0 Å². The molecule has 3 aromatic rings. The lowest BCUT2D eigenvalue weighted by molar-refractivity contribution is 0.171. The number of urea groups is 1. The minimum Gasteiger partial charge on any atom is -0.486 e. The maximum atomic E-state index is 12.5. The number of carbonyl (C=O) groups excluding carboxylic acids is 1. The fourth-order valence-corrected chi connectivity index (χ4v) is 2.87. The van der Waals surface area contributed by atoms with Crippen LogP contribution in [0.15, 0.2) is 59.4 Å². The molecule has 0 bridgehead atoms. The van der Waals surface area contributed by atoms with Crippen LogP contribution in [0.2, 0.25) is 0 Å². The van der Waals surface area contributed by atoms with E-state index in [1.54, 1.807) is 37.4 Å². The Balaban J connectivity index is 1.54. The Hall–Kier alpha value is -3.81. The molecule has 0 atom stereocenters. The Labute approximate surface area is 160 Å². The van der Waals surface area contributed by atoms with E-state index in [0.29, 0.717) is 47.3 Å². The number of fused-ring (bicyclic) bond motifs is 1. The Morgan fingerprint density at radius 1 is 1.00 bits per heavy atom. The van der Waals surface area contributed by atoms with Crippen molar-refractivity contribution in [2.75, 3.05) is 23.8 Å². The van der Waals surface area contributed by atoms with E-state index in [4.69, 9.17) is 9.47 Å². The van der Waals surface area contributed by atoms with Crippen LogP contribution < -0.4 is 25.7 Å². The fraction of sp³-hybridized carbons (Fsp3) is 0.150. The Kier molecular flexibility index (Phi) is 4.67. The number of nitrogens with zero attached hydrogens (tertiary/aromatic N) is 2. The monoisotopic (exact) mass is 378 g/mol. The first kappa shape index (κ1) is 17.6. The molecule has 8 heteroatoms. The highest BCUT2D eigenvalue weighted by atomic mass is 16.6. The van der Waals surface area contributed by atoms with Crippen LogP contribution in [0.3, 0.4) is 0 Å². The van der Waals surface area contributed by atoms with E-state index in [-0.39, 0.29) is 5.56 Å². The number of anilines is 2. The van der Waals surface area contributed by atoms with Gasteiger partial charge in [-0.3, -0.25) is 4.79 Å². The van der Waals surface area contributed by atoms with E-state index in [1.807, 2.05) is 18.2 Å². The van der Waals surface area contributed by atoms with Crippen molar-refractivity contribution in [3.8, 4) is 22.8 Å². The minimum atomic E-state index is -0.408. The number of amides is 2. The van der Waals surface area contributed by atoms with Gasteiger partial charge >= 0.3 is 6.03 Å². The third-order valence-electron chi connectivity index (χ3n) is 4.21. The van der Waals surface area contributed by atoms with Crippen LogP contribution in [0.25, 0.3) is 11.3 Å². The summed E-state index contributed by atoms with van der Waals surface area (Å²) in [6, 6.07) is 15.1. The summed E-state index contributed by atoms with van der Waals surface area (Å²) in [7, 11) is 1.58. The van der Waals surface area contributed by atoms with Gasteiger partial charge in [-0.05, 0) is 24.3 Å². The van der Waals surface area contributed by atoms with Crippen LogP contribution in [0.4, 0.5) is 16.2 Å². The lowest BCUT2D eigenvalue weighted by Gasteiger charge is -2.19. The van der Waals surface area contributed by atoms with Gasteiger partial charge < -0.3 is 20.1 Å². The second kappa shape index (κ2) is 7.43. The van der Waals surface area contributed by atoms with Gasteiger partial charge in [0.15, 0.2) is 11.5 Å². The molecule has 1 aliphatic rings. The summed E-state index contributed by atoms with van der Waals surface area (Å²) < 4.78 is 12.3. The molecule has 28 heavy (non-hydrogen) atoms. The van der Waals surface area contributed by atoms with Gasteiger partial charge in [0, 0.05) is 30.4 Å². The van der Waals surface area contributed by atoms with Gasteiger partial charge in [-0.1, -0.05) is 18.2 Å². The van der Waals surface area contributed by atoms with Crippen molar-refractivity contribution in [1.82, 2.24) is 9.78 Å². The first-order chi connectivity index (χ1) is 13.6. The second-order valence-corrected chi connectivity index (χ2v) is 6.16. The van der Waals surface area contributed by atoms with E-state index in [0.717, 1.165) is 0 Å². The van der Waals surface area contributed by atoms with Gasteiger partial charge in [0.05, 0.1) is 11.4 Å². The molecule has 0 aliphatic carbocycles. The largest absolute Gasteiger partial charge is 0.486 e. The third kappa shape index (κ3) is 3.66. The summed E-state index contributed by atoms with van der Waals surface area (Å²) >= 11 is 0. The van der Waals surface area contributed by atoms with Gasteiger partial charge in [-0.25, -0.2) is 9.48 Å². The number of rotatable bonds is 3. The Morgan fingerprint density at radius 2 is 1.79 bits per heavy atom. The summed E-state index contributed by atoms with van der Waals surface area (Å²) in [6.45, 7) is 0.985. The van der Waals surface area contributed by atoms with E-state index in [2.05, 4.69) is 15.7 Å². The number of benzene rings is 2. The number of aryl methyl sites for hydroxylation is 1. The van der Waals surface area contributed by atoms with Crippen LogP contribution in [0.1, 0.15) is 0 Å². The average molecular weight is 378 g/mol. The molecule has 1 aliphatic heterocycles. The standard InChI is InChI=1S/C20H18N4O4/c1-24-19(25)9-7-16(23-24)14-4-2-3-5-15(14)22-20(26)21-13-6-8-17-18(12-13)28-11-10-27-17/h2-9,12H,10-11H2,1H3,(H2,21,22,26). The molecule has 2 aromatic carbocycles. The summed E-state index contributed by atoms with van der Waals surface area (Å²) in [4.78, 5) is 24.1. The van der Waals surface area contributed by atoms with Gasteiger partial charge in [0.25, 0.3) is 5.56 Å². The third-order valence-corrected chi connectivity index (χ3v) is 4.21. The zero-order chi connectivity index (χ0) is 19.5. The van der Waals surface area contributed by atoms with Gasteiger partial charge in [-0.2, -0.15) is 5.10 Å². The van der Waals surface area contributed by atoms with Crippen molar-refractivity contribution < 1.29 is 14.3 Å². The molecule has 2 N–H and O–H groups in total. The highest BCUT2D eigenvalue weighted by Crippen LogP contribution is 2.32. The van der Waals surface area contributed by atoms with Crippen molar-refractivity contribution in [2.24, 2.45) is 7.05 Å². The van der Waals surface area contributed by atoms with E-state index in [9.17, 15) is 9.59 Å². The Bertz CT molecular complexity index is 1090. The quantitative estimate of drug-likeness (QED) is 0.731. The first-order valence-corrected chi connectivity index (χ1v) is 8.71.